The highest BCUT2D eigenvalue weighted by Crippen LogP contribution is 2.51. The zero-order valence-corrected chi connectivity index (χ0v) is 20.9. The molecule has 2 saturated carbocycles. The first kappa shape index (κ1) is 25.8. The molecule has 2 unspecified atom stereocenters. The molecule has 1 aromatic rings. The number of aliphatic hydroxyl groups is 1. The Morgan fingerprint density at radius 2 is 1.81 bits per heavy atom. The quantitative estimate of drug-likeness (QED) is 0.429. The zero-order valence-electron chi connectivity index (χ0n) is 20.9. The van der Waals surface area contributed by atoms with Crippen molar-refractivity contribution in [1.82, 2.24) is 0 Å². The van der Waals surface area contributed by atoms with Crippen molar-refractivity contribution in [2.45, 2.75) is 64.9 Å². The fraction of sp³-hybridized carbons (Fsp3) is 0.536. The van der Waals surface area contributed by atoms with Crippen LogP contribution in [-0.2, 0) is 25.6 Å². The molecule has 5 atom stereocenters. The zero-order chi connectivity index (χ0) is 26.7. The fourth-order valence-electron chi connectivity index (χ4n) is 6.02. The van der Waals surface area contributed by atoms with Gasteiger partial charge in [-0.3, -0.25) is 24.0 Å². The normalized spacial score (nSPS) is 29.4. The van der Waals surface area contributed by atoms with Crippen molar-refractivity contribution in [3.63, 3.8) is 0 Å². The number of carbonyl (C=O) groups is 5. The summed E-state index contributed by atoms with van der Waals surface area (Å²) in [6, 6.07) is 1.78. The topological polar surface area (TPSA) is 152 Å². The molecule has 3 aliphatic carbocycles. The van der Waals surface area contributed by atoms with Crippen LogP contribution in [0.15, 0.2) is 6.07 Å². The fourth-order valence-corrected chi connectivity index (χ4v) is 6.02. The van der Waals surface area contributed by atoms with Crippen molar-refractivity contribution < 1.29 is 34.2 Å². The van der Waals surface area contributed by atoms with E-state index in [-0.39, 0.29) is 42.1 Å². The number of fused-ring (bicyclic) bond motifs is 3. The third-order valence-electron chi connectivity index (χ3n) is 7.79. The second kappa shape index (κ2) is 8.97. The number of benzene rings is 1. The highest BCUT2D eigenvalue weighted by Gasteiger charge is 2.66. The number of carbonyl (C=O) groups excluding carboxylic acids is 5. The molecular weight excluding hydrogens is 462 g/mol. The van der Waals surface area contributed by atoms with Crippen molar-refractivity contribution in [1.29, 1.82) is 0 Å². The van der Waals surface area contributed by atoms with E-state index in [9.17, 15) is 34.2 Å². The molecule has 8 nitrogen and oxygen atoms in total. The van der Waals surface area contributed by atoms with Gasteiger partial charge in [0, 0.05) is 18.8 Å². The van der Waals surface area contributed by atoms with Gasteiger partial charge < -0.3 is 15.9 Å². The van der Waals surface area contributed by atoms with E-state index in [0.717, 1.165) is 5.56 Å². The Kier molecular flexibility index (Phi) is 6.42. The number of Topliss-reactive ketones (excluding diaryl/α,β-unsaturated/α-hetero) is 4. The van der Waals surface area contributed by atoms with Crippen LogP contribution in [0.3, 0.4) is 0 Å². The standard InChI is InChI=1S/C28H31NO7/c1-12(2)6-5-7-14-9-17(13(3)4)18-10-15-8-16-11-19(30)22(27(29)35)26(34)28(16,36)25(33)20(15)24(32)21(18)23(14)31/h9,12-13,15-16,20,22,31,36H,6,8,10-11H2,1-4H3,(H2,29,35)/t15-,16+,20?,22?,28+/m1/s1. The average Bonchev–Trinajstić information content (AvgIpc) is 2.77. The third kappa shape index (κ3) is 3.77. The van der Waals surface area contributed by atoms with Crippen LogP contribution in [0.5, 0.6) is 5.75 Å². The molecule has 0 spiro atoms. The molecule has 0 saturated heterocycles. The van der Waals surface area contributed by atoms with Gasteiger partial charge in [-0.1, -0.05) is 39.5 Å². The SMILES string of the molecule is CC(C)CC#Cc1cc(C(C)C)c2c(c1O)C(=O)C1C(=O)[C@]3(O)C(=O)C(C(N)=O)C(=O)C[C@@H]3C[C@@H]1C2. The molecule has 8 heteroatoms. The molecule has 1 aromatic carbocycles. The van der Waals surface area contributed by atoms with Crippen LogP contribution in [-0.4, -0.2) is 44.9 Å². The lowest BCUT2D eigenvalue weighted by Crippen LogP contribution is -2.68. The summed E-state index contributed by atoms with van der Waals surface area (Å²) in [5.74, 6) is -3.81. The Morgan fingerprint density at radius 1 is 1.14 bits per heavy atom. The van der Waals surface area contributed by atoms with Crippen molar-refractivity contribution in [2.75, 3.05) is 0 Å². The van der Waals surface area contributed by atoms with Crippen LogP contribution < -0.4 is 5.73 Å². The van der Waals surface area contributed by atoms with Gasteiger partial charge in [-0.2, -0.15) is 0 Å². The number of hydrogen-bond donors (Lipinski definition) is 3. The summed E-state index contributed by atoms with van der Waals surface area (Å²) >= 11 is 0. The van der Waals surface area contributed by atoms with Gasteiger partial charge >= 0.3 is 0 Å². The molecule has 4 N–H and O–H groups in total. The lowest BCUT2D eigenvalue weighted by atomic mass is 9.53. The highest BCUT2D eigenvalue weighted by atomic mass is 16.3. The minimum Gasteiger partial charge on any atom is -0.506 e. The number of ketones is 4. The molecule has 0 aromatic heterocycles. The van der Waals surface area contributed by atoms with E-state index in [4.69, 9.17) is 5.73 Å². The third-order valence-corrected chi connectivity index (χ3v) is 7.79. The Morgan fingerprint density at radius 3 is 2.39 bits per heavy atom. The number of rotatable bonds is 3. The van der Waals surface area contributed by atoms with Gasteiger partial charge in [-0.15, -0.1) is 0 Å². The number of amides is 1. The molecule has 1 amide bonds. The van der Waals surface area contributed by atoms with E-state index < -0.39 is 58.3 Å². The largest absolute Gasteiger partial charge is 0.506 e. The molecule has 0 radical (unpaired) electrons. The Hall–Kier alpha value is -3.31. The first-order valence-corrected chi connectivity index (χ1v) is 12.3. The molecule has 0 heterocycles. The summed E-state index contributed by atoms with van der Waals surface area (Å²) in [4.78, 5) is 64.7. The summed E-state index contributed by atoms with van der Waals surface area (Å²) in [5, 5.41) is 22.4. The van der Waals surface area contributed by atoms with Gasteiger partial charge in [-0.05, 0) is 47.8 Å². The molecular formula is C28H31NO7. The molecule has 0 aliphatic heterocycles. The Bertz CT molecular complexity index is 1260. The molecule has 3 aliphatic rings. The smallest absolute Gasteiger partial charge is 0.235 e. The second-order valence-corrected chi connectivity index (χ2v) is 11.0. The summed E-state index contributed by atoms with van der Waals surface area (Å²) in [6.45, 7) is 7.95. The van der Waals surface area contributed by atoms with Gasteiger partial charge in [0.05, 0.1) is 17.0 Å². The lowest BCUT2D eigenvalue weighted by molar-refractivity contribution is -0.175. The maximum atomic E-state index is 13.8. The van der Waals surface area contributed by atoms with Crippen molar-refractivity contribution in [2.24, 2.45) is 35.3 Å². The van der Waals surface area contributed by atoms with E-state index in [1.807, 2.05) is 27.7 Å². The average molecular weight is 494 g/mol. The van der Waals surface area contributed by atoms with Crippen LogP contribution in [0.2, 0.25) is 0 Å². The molecule has 36 heavy (non-hydrogen) atoms. The van der Waals surface area contributed by atoms with Crippen LogP contribution >= 0.6 is 0 Å². The number of phenolic OH excluding ortho intramolecular Hbond substituents is 1. The maximum absolute atomic E-state index is 13.8. The van der Waals surface area contributed by atoms with E-state index in [1.54, 1.807) is 6.07 Å². The van der Waals surface area contributed by atoms with Gasteiger partial charge in [0.25, 0.3) is 0 Å². The summed E-state index contributed by atoms with van der Waals surface area (Å²) in [7, 11) is 0. The first-order valence-electron chi connectivity index (χ1n) is 12.3. The Labute approximate surface area is 209 Å². The van der Waals surface area contributed by atoms with E-state index in [2.05, 4.69) is 11.8 Å². The van der Waals surface area contributed by atoms with Crippen molar-refractivity contribution in [3.8, 4) is 17.6 Å². The summed E-state index contributed by atoms with van der Waals surface area (Å²) < 4.78 is 0. The minimum atomic E-state index is -2.65. The predicted molar refractivity (Wildman–Crippen MR) is 129 cm³/mol. The van der Waals surface area contributed by atoms with E-state index in [1.165, 1.54) is 0 Å². The second-order valence-electron chi connectivity index (χ2n) is 11.0. The van der Waals surface area contributed by atoms with Gasteiger partial charge in [0.15, 0.2) is 34.7 Å². The first-order chi connectivity index (χ1) is 16.8. The highest BCUT2D eigenvalue weighted by molar-refractivity contribution is 6.31. The van der Waals surface area contributed by atoms with Crippen LogP contribution in [0, 0.1) is 41.4 Å². The molecule has 4 rings (SSSR count). The van der Waals surface area contributed by atoms with E-state index in [0.29, 0.717) is 17.9 Å². The number of aromatic hydroxyl groups is 1. The van der Waals surface area contributed by atoms with Gasteiger partial charge in [0.2, 0.25) is 5.91 Å². The number of nitrogens with two attached hydrogens (primary N) is 1. The lowest BCUT2D eigenvalue weighted by Gasteiger charge is -2.48. The number of primary amides is 1. The molecule has 0 bridgehead atoms. The van der Waals surface area contributed by atoms with Crippen molar-refractivity contribution >= 4 is 29.0 Å². The summed E-state index contributed by atoms with van der Waals surface area (Å²) in [5.41, 5.74) is 4.33. The number of phenols is 1. The molecule has 2 fully saturated rings. The van der Waals surface area contributed by atoms with Crippen molar-refractivity contribution in [3.05, 3.63) is 28.3 Å². The predicted octanol–water partition coefficient (Wildman–Crippen LogP) is 1.85. The van der Waals surface area contributed by atoms with E-state index >= 15 is 0 Å². The summed E-state index contributed by atoms with van der Waals surface area (Å²) in [6.07, 6.45) is 0.598. The van der Waals surface area contributed by atoms with Gasteiger partial charge in [0.1, 0.15) is 5.75 Å². The monoisotopic (exact) mass is 493 g/mol. The maximum Gasteiger partial charge on any atom is 0.235 e. The van der Waals surface area contributed by atoms with Crippen LogP contribution in [0.25, 0.3) is 0 Å². The number of hydrogen-bond acceptors (Lipinski definition) is 7. The van der Waals surface area contributed by atoms with Gasteiger partial charge in [-0.25, -0.2) is 0 Å². The van der Waals surface area contributed by atoms with Crippen LogP contribution in [0.4, 0.5) is 0 Å². The molecule has 190 valence electrons. The van der Waals surface area contributed by atoms with Crippen LogP contribution in [0.1, 0.15) is 79.9 Å². The Balaban J connectivity index is 1.83. The minimum absolute atomic E-state index is 0.000246.